The molecule has 2 aromatic carbocycles. The van der Waals surface area contributed by atoms with Crippen LogP contribution in [-0.2, 0) is 0 Å². The molecule has 0 atom stereocenters. The molecule has 4 nitrogen and oxygen atoms in total. The molecule has 0 saturated heterocycles. The molecule has 2 aromatic rings. The highest BCUT2D eigenvalue weighted by atomic mass is 32.1. The van der Waals surface area contributed by atoms with Gasteiger partial charge < -0.3 is 9.64 Å². The summed E-state index contributed by atoms with van der Waals surface area (Å²) in [4.78, 5) is 14.6. The third-order valence-electron chi connectivity index (χ3n) is 4.49. The molecule has 134 valence electrons. The summed E-state index contributed by atoms with van der Waals surface area (Å²) in [6.45, 7) is 6.26. The zero-order chi connectivity index (χ0) is 18.9. The molecule has 1 aliphatic heterocycles. The maximum atomic E-state index is 12.6. The molecule has 26 heavy (non-hydrogen) atoms. The van der Waals surface area contributed by atoms with Crippen molar-refractivity contribution >= 4 is 34.5 Å². The number of anilines is 1. The Bertz CT molecular complexity index is 885. The Morgan fingerprint density at radius 1 is 1.12 bits per heavy atom. The monoisotopic (exact) mass is 366 g/mol. The number of rotatable bonds is 2. The summed E-state index contributed by atoms with van der Waals surface area (Å²) < 4.78 is 5.13. The van der Waals surface area contributed by atoms with Crippen molar-refractivity contribution in [1.82, 2.24) is 5.32 Å². The zero-order valence-corrected chi connectivity index (χ0v) is 16.2. The second-order valence-corrected chi connectivity index (χ2v) is 7.21. The van der Waals surface area contributed by atoms with Crippen LogP contribution >= 0.6 is 12.2 Å². The van der Waals surface area contributed by atoms with Gasteiger partial charge in [0.05, 0.1) is 18.3 Å². The van der Waals surface area contributed by atoms with Crippen molar-refractivity contribution in [1.29, 1.82) is 0 Å². The molecular weight excluding hydrogens is 344 g/mol. The first-order valence-electron chi connectivity index (χ1n) is 8.42. The highest BCUT2D eigenvalue weighted by Crippen LogP contribution is 2.38. The van der Waals surface area contributed by atoms with Gasteiger partial charge in [-0.15, -0.1) is 0 Å². The van der Waals surface area contributed by atoms with Gasteiger partial charge in [-0.25, -0.2) is 0 Å². The van der Waals surface area contributed by atoms with Crippen molar-refractivity contribution in [3.8, 4) is 5.75 Å². The number of carbonyl (C=O) groups is 1. The van der Waals surface area contributed by atoms with E-state index in [0.29, 0.717) is 16.4 Å². The molecule has 1 amide bonds. The minimum Gasteiger partial charge on any atom is -0.497 e. The number of para-hydroxylation sites is 1. The van der Waals surface area contributed by atoms with Gasteiger partial charge in [-0.2, -0.15) is 0 Å². The summed E-state index contributed by atoms with van der Waals surface area (Å²) in [6.07, 6.45) is 2.17. The smallest absolute Gasteiger partial charge is 0.257 e. The highest BCUT2D eigenvalue weighted by Gasteiger charge is 2.34. The Morgan fingerprint density at radius 3 is 2.42 bits per heavy atom. The average Bonchev–Trinajstić information content (AvgIpc) is 2.61. The van der Waals surface area contributed by atoms with Gasteiger partial charge in [0.2, 0.25) is 0 Å². The second kappa shape index (κ2) is 6.92. The summed E-state index contributed by atoms with van der Waals surface area (Å²) in [6, 6.07) is 15.0. The number of fused-ring (bicyclic) bond motifs is 1. The number of ether oxygens (including phenoxy) is 1. The standard InChI is InChI=1S/C21H22N2O2S/c1-14-13-21(2,3)23(18-8-6-5-7-17(14)18)20(26)22-19(24)15-9-11-16(25-4)12-10-15/h5-13H,1-4H3,(H,22,24,26). The molecule has 0 aliphatic carbocycles. The predicted molar refractivity (Wildman–Crippen MR) is 110 cm³/mol. The molecule has 0 fully saturated rings. The molecule has 0 radical (unpaired) electrons. The lowest BCUT2D eigenvalue weighted by atomic mass is 9.89. The fraction of sp³-hybridized carbons (Fsp3) is 0.238. The number of thiocarbonyl (C=S) groups is 1. The number of hydrogen-bond donors (Lipinski definition) is 1. The van der Waals surface area contributed by atoms with Crippen LogP contribution in [-0.4, -0.2) is 23.7 Å². The Labute approximate surface area is 159 Å². The Balaban J connectivity index is 1.87. The van der Waals surface area contributed by atoms with E-state index in [1.807, 2.05) is 23.1 Å². The molecule has 0 saturated carbocycles. The van der Waals surface area contributed by atoms with Gasteiger partial charge in [0.1, 0.15) is 5.75 Å². The van der Waals surface area contributed by atoms with Gasteiger partial charge >= 0.3 is 0 Å². The fourth-order valence-corrected chi connectivity index (χ4v) is 3.75. The lowest BCUT2D eigenvalue weighted by Crippen LogP contribution is -2.54. The van der Waals surface area contributed by atoms with Crippen LogP contribution in [0.2, 0.25) is 0 Å². The van der Waals surface area contributed by atoms with E-state index in [1.165, 1.54) is 5.57 Å². The van der Waals surface area contributed by atoms with E-state index >= 15 is 0 Å². The summed E-state index contributed by atoms with van der Waals surface area (Å²) >= 11 is 5.60. The molecule has 1 aliphatic rings. The molecular formula is C21H22N2O2S. The number of nitrogens with one attached hydrogen (secondary N) is 1. The van der Waals surface area contributed by atoms with Crippen molar-refractivity contribution in [2.45, 2.75) is 26.3 Å². The van der Waals surface area contributed by atoms with Crippen molar-refractivity contribution in [2.75, 3.05) is 12.0 Å². The molecule has 1 N–H and O–H groups in total. The van der Waals surface area contributed by atoms with Crippen molar-refractivity contribution in [3.05, 3.63) is 65.7 Å². The van der Waals surface area contributed by atoms with E-state index < -0.39 is 0 Å². The Morgan fingerprint density at radius 2 is 1.77 bits per heavy atom. The highest BCUT2D eigenvalue weighted by molar-refractivity contribution is 7.80. The van der Waals surface area contributed by atoms with E-state index in [1.54, 1.807) is 31.4 Å². The summed E-state index contributed by atoms with van der Waals surface area (Å²) in [7, 11) is 1.59. The van der Waals surface area contributed by atoms with E-state index in [0.717, 1.165) is 11.3 Å². The third-order valence-corrected chi connectivity index (χ3v) is 4.78. The summed E-state index contributed by atoms with van der Waals surface area (Å²) in [5.41, 5.74) is 3.50. The van der Waals surface area contributed by atoms with Gasteiger partial charge in [-0.05, 0) is 68.9 Å². The molecule has 0 bridgehead atoms. The Hall–Kier alpha value is -2.66. The van der Waals surface area contributed by atoms with Crippen LogP contribution in [0, 0.1) is 0 Å². The zero-order valence-electron chi connectivity index (χ0n) is 15.4. The second-order valence-electron chi connectivity index (χ2n) is 6.82. The van der Waals surface area contributed by atoms with Crippen molar-refractivity contribution in [2.24, 2.45) is 0 Å². The van der Waals surface area contributed by atoms with Crippen molar-refractivity contribution < 1.29 is 9.53 Å². The molecule has 0 aromatic heterocycles. The largest absolute Gasteiger partial charge is 0.497 e. The number of amides is 1. The SMILES string of the molecule is COc1ccc(C(=O)NC(=S)N2c3ccccc3C(C)=CC2(C)C)cc1. The molecule has 5 heteroatoms. The van der Waals surface area contributed by atoms with E-state index in [-0.39, 0.29) is 11.4 Å². The van der Waals surface area contributed by atoms with Gasteiger partial charge in [0.15, 0.2) is 5.11 Å². The first-order chi connectivity index (χ1) is 12.3. The molecule has 3 rings (SSSR count). The number of benzene rings is 2. The number of nitrogens with zero attached hydrogens (tertiary/aromatic N) is 1. The van der Waals surface area contributed by atoms with Crippen LogP contribution in [0.25, 0.3) is 5.57 Å². The normalized spacial score (nSPS) is 14.9. The Kier molecular flexibility index (Phi) is 4.83. The molecule has 0 spiro atoms. The van der Waals surface area contributed by atoms with Crippen LogP contribution in [0.3, 0.4) is 0 Å². The van der Waals surface area contributed by atoms with Gasteiger partial charge in [-0.3, -0.25) is 10.1 Å². The quantitative estimate of drug-likeness (QED) is 0.800. The summed E-state index contributed by atoms with van der Waals surface area (Å²) in [5.74, 6) is 0.466. The van der Waals surface area contributed by atoms with Crippen LogP contribution in [0.5, 0.6) is 5.75 Å². The lowest BCUT2D eigenvalue weighted by molar-refractivity contribution is 0.0977. The third kappa shape index (κ3) is 3.35. The maximum absolute atomic E-state index is 12.6. The topological polar surface area (TPSA) is 41.6 Å². The predicted octanol–water partition coefficient (Wildman–Crippen LogP) is 4.41. The fourth-order valence-electron chi connectivity index (χ4n) is 3.32. The first-order valence-corrected chi connectivity index (χ1v) is 8.83. The number of methoxy groups -OCH3 is 1. The van der Waals surface area contributed by atoms with Crippen LogP contribution in [0.1, 0.15) is 36.7 Å². The van der Waals surface area contributed by atoms with Crippen LogP contribution in [0.4, 0.5) is 5.69 Å². The minimum atomic E-state index is -0.345. The number of allylic oxidation sites excluding steroid dienone is 1. The maximum Gasteiger partial charge on any atom is 0.257 e. The van der Waals surface area contributed by atoms with Gasteiger partial charge in [0.25, 0.3) is 5.91 Å². The lowest BCUT2D eigenvalue weighted by Gasteiger charge is -2.42. The van der Waals surface area contributed by atoms with Gasteiger partial charge in [0, 0.05) is 11.1 Å². The van der Waals surface area contributed by atoms with Crippen molar-refractivity contribution in [3.63, 3.8) is 0 Å². The minimum absolute atomic E-state index is 0.239. The number of carbonyl (C=O) groups excluding carboxylic acids is 1. The van der Waals surface area contributed by atoms with Crippen LogP contribution in [0.15, 0.2) is 54.6 Å². The van der Waals surface area contributed by atoms with E-state index in [9.17, 15) is 4.79 Å². The van der Waals surface area contributed by atoms with E-state index in [4.69, 9.17) is 17.0 Å². The van der Waals surface area contributed by atoms with Gasteiger partial charge in [-0.1, -0.05) is 24.3 Å². The summed E-state index contributed by atoms with van der Waals surface area (Å²) in [5, 5.41) is 3.24. The molecule has 0 unspecified atom stereocenters. The average molecular weight is 366 g/mol. The molecule has 1 heterocycles. The number of hydrogen-bond acceptors (Lipinski definition) is 3. The van der Waals surface area contributed by atoms with E-state index in [2.05, 4.69) is 38.2 Å². The first kappa shape index (κ1) is 18.1. The van der Waals surface area contributed by atoms with Crippen LogP contribution < -0.4 is 15.0 Å².